The zero-order valence-electron chi connectivity index (χ0n) is 13.7. The summed E-state index contributed by atoms with van der Waals surface area (Å²) in [6.45, 7) is 4.97. The monoisotopic (exact) mass is 353 g/mol. The van der Waals surface area contributed by atoms with Crippen LogP contribution in [0.2, 0.25) is 0 Å². The van der Waals surface area contributed by atoms with E-state index in [1.165, 1.54) is 13.2 Å². The lowest BCUT2D eigenvalue weighted by atomic mass is 10.1. The molecule has 9 heteroatoms. The van der Waals surface area contributed by atoms with Crippen LogP contribution in [-0.2, 0) is 9.47 Å². The molecule has 0 fully saturated rings. The zero-order valence-corrected chi connectivity index (χ0v) is 13.7. The maximum absolute atomic E-state index is 13.8. The summed E-state index contributed by atoms with van der Waals surface area (Å²) in [5.74, 6) is -2.17. The second-order valence-electron chi connectivity index (χ2n) is 5.89. The topological polar surface area (TPSA) is 56.8 Å². The predicted molar refractivity (Wildman–Crippen MR) is 77.1 cm³/mol. The summed E-state index contributed by atoms with van der Waals surface area (Å²) in [5, 5.41) is 2.47. The van der Waals surface area contributed by atoms with Gasteiger partial charge in [0.15, 0.2) is 11.6 Å². The van der Waals surface area contributed by atoms with Gasteiger partial charge in [-0.25, -0.2) is 9.18 Å². The number of amides is 1. The molecule has 24 heavy (non-hydrogen) atoms. The number of carbonyl (C=O) groups is 1. The van der Waals surface area contributed by atoms with Crippen LogP contribution in [0, 0.1) is 5.82 Å². The van der Waals surface area contributed by atoms with Gasteiger partial charge < -0.3 is 19.5 Å². The number of halogens is 4. The Morgan fingerprint density at radius 2 is 1.88 bits per heavy atom. The standard InChI is InChI=1S/C15H19F4NO4/c1-14(2,3)24-13(21)20-11(8-22-4)9-5-6-12(10(16)7-9)23-15(17,18)19/h5-7,11H,8H2,1-4H3,(H,20,21). The third-order valence-corrected chi connectivity index (χ3v) is 2.61. The van der Waals surface area contributed by atoms with Gasteiger partial charge in [-0.3, -0.25) is 0 Å². The Morgan fingerprint density at radius 3 is 2.33 bits per heavy atom. The van der Waals surface area contributed by atoms with Crippen molar-refractivity contribution in [1.29, 1.82) is 0 Å². The fourth-order valence-corrected chi connectivity index (χ4v) is 1.78. The van der Waals surface area contributed by atoms with E-state index in [0.717, 1.165) is 12.1 Å². The smallest absolute Gasteiger partial charge is 0.444 e. The first-order chi connectivity index (χ1) is 10.9. The molecule has 1 rings (SSSR count). The molecule has 1 unspecified atom stereocenters. The second kappa shape index (κ2) is 7.69. The van der Waals surface area contributed by atoms with Crippen molar-refractivity contribution in [2.24, 2.45) is 0 Å². The Morgan fingerprint density at radius 1 is 1.25 bits per heavy atom. The molecule has 5 nitrogen and oxygen atoms in total. The maximum Gasteiger partial charge on any atom is 0.573 e. The summed E-state index contributed by atoms with van der Waals surface area (Å²) in [6, 6.07) is 2.06. The van der Waals surface area contributed by atoms with Gasteiger partial charge in [-0.15, -0.1) is 13.2 Å². The number of ether oxygens (including phenoxy) is 3. The number of nitrogens with one attached hydrogen (secondary N) is 1. The summed E-state index contributed by atoms with van der Waals surface area (Å²) in [4.78, 5) is 11.8. The van der Waals surface area contributed by atoms with Gasteiger partial charge in [-0.2, -0.15) is 0 Å². The van der Waals surface area contributed by atoms with Gasteiger partial charge >= 0.3 is 12.5 Å². The van der Waals surface area contributed by atoms with E-state index in [1.807, 2.05) is 0 Å². The average Bonchev–Trinajstić information content (AvgIpc) is 2.37. The van der Waals surface area contributed by atoms with Crippen molar-refractivity contribution in [3.8, 4) is 5.75 Å². The normalized spacial score (nSPS) is 13.3. The highest BCUT2D eigenvalue weighted by Gasteiger charge is 2.32. The molecule has 0 saturated heterocycles. The van der Waals surface area contributed by atoms with Crippen LogP contribution in [0.3, 0.4) is 0 Å². The molecule has 0 bridgehead atoms. The Hall–Kier alpha value is -2.03. The molecule has 1 aromatic carbocycles. The van der Waals surface area contributed by atoms with Crippen molar-refractivity contribution < 1.29 is 36.6 Å². The number of methoxy groups -OCH3 is 1. The van der Waals surface area contributed by atoms with Crippen LogP contribution in [0.4, 0.5) is 22.4 Å². The van der Waals surface area contributed by atoms with E-state index >= 15 is 0 Å². The number of alkyl halides is 3. The molecular formula is C15H19F4NO4. The van der Waals surface area contributed by atoms with Crippen LogP contribution < -0.4 is 10.1 Å². The third-order valence-electron chi connectivity index (χ3n) is 2.61. The van der Waals surface area contributed by atoms with E-state index in [2.05, 4.69) is 10.1 Å². The minimum atomic E-state index is -5.00. The third kappa shape index (κ3) is 7.03. The number of hydrogen-bond acceptors (Lipinski definition) is 4. The molecule has 0 radical (unpaired) electrons. The van der Waals surface area contributed by atoms with Crippen molar-refractivity contribution in [3.63, 3.8) is 0 Å². The fraction of sp³-hybridized carbons (Fsp3) is 0.533. The largest absolute Gasteiger partial charge is 0.573 e. The van der Waals surface area contributed by atoms with E-state index in [1.54, 1.807) is 20.8 Å². The van der Waals surface area contributed by atoms with E-state index in [0.29, 0.717) is 0 Å². The summed E-state index contributed by atoms with van der Waals surface area (Å²) in [6.07, 6.45) is -5.76. The Bertz CT molecular complexity index is 570. The summed E-state index contributed by atoms with van der Waals surface area (Å²) in [5.41, 5.74) is -0.535. The highest BCUT2D eigenvalue weighted by molar-refractivity contribution is 5.68. The highest BCUT2D eigenvalue weighted by atomic mass is 19.4. The predicted octanol–water partition coefficient (Wildman–Crippen LogP) is 3.94. The Balaban J connectivity index is 2.92. The molecule has 0 spiro atoms. The Kier molecular flexibility index (Phi) is 6.42. The van der Waals surface area contributed by atoms with Gasteiger partial charge in [0, 0.05) is 7.11 Å². The molecular weight excluding hydrogens is 334 g/mol. The van der Waals surface area contributed by atoms with Crippen molar-refractivity contribution >= 4 is 6.09 Å². The number of benzene rings is 1. The maximum atomic E-state index is 13.8. The number of carbonyl (C=O) groups excluding carboxylic acids is 1. The number of alkyl carbamates (subject to hydrolysis) is 1. The van der Waals surface area contributed by atoms with Crippen LogP contribution >= 0.6 is 0 Å². The van der Waals surface area contributed by atoms with Crippen LogP contribution in [0.25, 0.3) is 0 Å². The van der Waals surface area contributed by atoms with Crippen molar-refractivity contribution in [1.82, 2.24) is 5.32 Å². The molecule has 1 N–H and O–H groups in total. The molecule has 0 heterocycles. The second-order valence-corrected chi connectivity index (χ2v) is 5.89. The number of rotatable bonds is 5. The number of hydrogen-bond donors (Lipinski definition) is 1. The molecule has 0 aliphatic rings. The van der Waals surface area contributed by atoms with E-state index in [9.17, 15) is 22.4 Å². The van der Waals surface area contributed by atoms with Gasteiger partial charge in [-0.05, 0) is 38.5 Å². The van der Waals surface area contributed by atoms with Gasteiger partial charge in [-0.1, -0.05) is 6.07 Å². The van der Waals surface area contributed by atoms with Crippen molar-refractivity contribution in [2.75, 3.05) is 13.7 Å². The summed E-state index contributed by atoms with van der Waals surface area (Å²) < 4.78 is 63.8. The first-order valence-electron chi connectivity index (χ1n) is 6.95. The Labute approximate surface area is 136 Å². The first kappa shape index (κ1) is 20.0. The van der Waals surface area contributed by atoms with Crippen LogP contribution in [0.15, 0.2) is 18.2 Å². The fourth-order valence-electron chi connectivity index (χ4n) is 1.78. The summed E-state index contributed by atoms with van der Waals surface area (Å²) in [7, 11) is 1.36. The molecule has 1 aromatic rings. The first-order valence-corrected chi connectivity index (χ1v) is 6.95. The quantitative estimate of drug-likeness (QED) is 0.815. The average molecular weight is 353 g/mol. The lowest BCUT2D eigenvalue weighted by Gasteiger charge is -2.23. The molecule has 0 saturated carbocycles. The van der Waals surface area contributed by atoms with Gasteiger partial charge in [0.05, 0.1) is 12.6 Å². The lowest BCUT2D eigenvalue weighted by Crippen LogP contribution is -2.36. The van der Waals surface area contributed by atoms with E-state index in [-0.39, 0.29) is 12.2 Å². The highest BCUT2D eigenvalue weighted by Crippen LogP contribution is 2.28. The summed E-state index contributed by atoms with van der Waals surface area (Å²) >= 11 is 0. The van der Waals surface area contributed by atoms with Crippen molar-refractivity contribution in [3.05, 3.63) is 29.6 Å². The minimum absolute atomic E-state index is 0.0296. The lowest BCUT2D eigenvalue weighted by molar-refractivity contribution is -0.275. The molecule has 1 amide bonds. The molecule has 0 aliphatic carbocycles. The minimum Gasteiger partial charge on any atom is -0.444 e. The SMILES string of the molecule is COCC(NC(=O)OC(C)(C)C)c1ccc(OC(F)(F)F)c(F)c1. The van der Waals surface area contributed by atoms with Crippen molar-refractivity contribution in [2.45, 2.75) is 38.8 Å². The molecule has 1 atom stereocenters. The van der Waals surface area contributed by atoms with Gasteiger partial charge in [0.1, 0.15) is 5.60 Å². The zero-order chi connectivity index (χ0) is 18.5. The molecule has 136 valence electrons. The van der Waals surface area contributed by atoms with Crippen LogP contribution in [0.5, 0.6) is 5.75 Å². The molecule has 0 aliphatic heterocycles. The van der Waals surface area contributed by atoms with Crippen LogP contribution in [0.1, 0.15) is 32.4 Å². The molecule has 0 aromatic heterocycles. The van der Waals surface area contributed by atoms with Gasteiger partial charge in [0.25, 0.3) is 0 Å². The van der Waals surface area contributed by atoms with E-state index in [4.69, 9.17) is 9.47 Å². The van der Waals surface area contributed by atoms with E-state index < -0.39 is 35.7 Å². The van der Waals surface area contributed by atoms with Gasteiger partial charge in [0.2, 0.25) is 0 Å². The van der Waals surface area contributed by atoms with Crippen LogP contribution in [-0.4, -0.2) is 31.8 Å².